The molecule has 0 heterocycles. The lowest BCUT2D eigenvalue weighted by atomic mass is 10.0. The third-order valence-electron chi connectivity index (χ3n) is 4.22. The van der Waals surface area contributed by atoms with Crippen LogP contribution in [0, 0.1) is 0 Å². The summed E-state index contributed by atoms with van der Waals surface area (Å²) >= 11 is 0. The van der Waals surface area contributed by atoms with E-state index in [1.54, 1.807) is 0 Å². The molecule has 0 rings (SSSR count). The Bertz CT molecular complexity index is 223. The molecule has 0 fully saturated rings. The van der Waals surface area contributed by atoms with Gasteiger partial charge in [0.25, 0.3) is 0 Å². The van der Waals surface area contributed by atoms with Crippen LogP contribution in [0.25, 0.3) is 0 Å². The van der Waals surface area contributed by atoms with E-state index in [4.69, 9.17) is 14.9 Å². The molecule has 140 valence electrons. The highest BCUT2D eigenvalue weighted by Crippen LogP contribution is 2.13. The molecule has 0 aromatic heterocycles. The van der Waals surface area contributed by atoms with Gasteiger partial charge in [-0.3, -0.25) is 0 Å². The molecule has 0 aliphatic heterocycles. The van der Waals surface area contributed by atoms with Gasteiger partial charge in [-0.05, 0) is 6.42 Å². The fourth-order valence-corrected chi connectivity index (χ4v) is 2.70. The van der Waals surface area contributed by atoms with Crippen LogP contribution in [0.1, 0.15) is 90.4 Å². The van der Waals surface area contributed by atoms with Crippen molar-refractivity contribution in [2.75, 3.05) is 19.8 Å². The van der Waals surface area contributed by atoms with Crippen LogP contribution >= 0.6 is 0 Å². The van der Waals surface area contributed by atoms with Crippen LogP contribution in [0.5, 0.6) is 0 Å². The fourth-order valence-electron chi connectivity index (χ4n) is 2.70. The fraction of sp³-hybridized carbons (Fsp3) is 1.00. The van der Waals surface area contributed by atoms with Crippen LogP contribution < -0.4 is 0 Å². The minimum Gasteiger partial charge on any atom is -0.394 e. The number of aliphatic hydroxyl groups excluding tert-OH is 3. The highest BCUT2D eigenvalue weighted by atomic mass is 16.5. The van der Waals surface area contributed by atoms with Gasteiger partial charge in [0.1, 0.15) is 6.10 Å². The summed E-state index contributed by atoms with van der Waals surface area (Å²) < 4.78 is 5.15. The van der Waals surface area contributed by atoms with Crippen LogP contribution in [0.3, 0.4) is 0 Å². The average Bonchev–Trinajstić information content (AvgIpc) is 2.55. The topological polar surface area (TPSA) is 69.9 Å². The summed E-state index contributed by atoms with van der Waals surface area (Å²) in [6.45, 7) is 2.30. The van der Waals surface area contributed by atoms with Gasteiger partial charge >= 0.3 is 0 Å². The van der Waals surface area contributed by atoms with Gasteiger partial charge in [0.2, 0.25) is 0 Å². The summed E-state index contributed by atoms with van der Waals surface area (Å²) in [7, 11) is 0. The van der Waals surface area contributed by atoms with Crippen LogP contribution in [0.4, 0.5) is 0 Å². The third kappa shape index (κ3) is 18.0. The summed E-state index contributed by atoms with van der Waals surface area (Å²) in [4.78, 5) is 0. The van der Waals surface area contributed by atoms with Gasteiger partial charge in [-0.2, -0.15) is 0 Å². The number of ether oxygens (including phenoxy) is 1. The van der Waals surface area contributed by atoms with E-state index < -0.39 is 12.2 Å². The Morgan fingerprint density at radius 1 is 0.652 bits per heavy atom. The molecular formula is C19H40O4. The van der Waals surface area contributed by atoms with E-state index in [9.17, 15) is 5.11 Å². The van der Waals surface area contributed by atoms with E-state index in [2.05, 4.69) is 6.92 Å². The Morgan fingerprint density at radius 3 is 1.57 bits per heavy atom. The van der Waals surface area contributed by atoms with Crippen molar-refractivity contribution in [1.29, 1.82) is 0 Å². The normalized spacial score (nSPS) is 14.1. The summed E-state index contributed by atoms with van der Waals surface area (Å²) in [5.41, 5.74) is 0. The van der Waals surface area contributed by atoms with Gasteiger partial charge < -0.3 is 20.1 Å². The predicted octanol–water partition coefficient (Wildman–Crippen LogP) is 3.81. The van der Waals surface area contributed by atoms with Crippen LogP contribution in [0.2, 0.25) is 0 Å². The zero-order chi connectivity index (χ0) is 17.2. The van der Waals surface area contributed by atoms with Gasteiger partial charge in [-0.1, -0.05) is 84.0 Å². The monoisotopic (exact) mass is 332 g/mol. The Kier molecular flexibility index (Phi) is 18.1. The molecule has 0 unspecified atom stereocenters. The number of aliphatic hydroxyl groups is 3. The second kappa shape index (κ2) is 18.2. The number of hydrogen-bond acceptors (Lipinski definition) is 4. The molecule has 3 N–H and O–H groups in total. The molecule has 0 aliphatic carbocycles. The molecular weight excluding hydrogens is 292 g/mol. The predicted molar refractivity (Wildman–Crippen MR) is 95.6 cm³/mol. The van der Waals surface area contributed by atoms with E-state index in [-0.39, 0.29) is 19.8 Å². The van der Waals surface area contributed by atoms with Gasteiger partial charge in [-0.25, -0.2) is 0 Å². The average molecular weight is 333 g/mol. The van der Waals surface area contributed by atoms with Crippen LogP contribution in [0.15, 0.2) is 0 Å². The molecule has 0 saturated heterocycles. The molecule has 23 heavy (non-hydrogen) atoms. The summed E-state index contributed by atoms with van der Waals surface area (Å²) in [5, 5.41) is 27.5. The molecule has 0 amide bonds. The Balaban J connectivity index is 3.14. The molecule has 2 atom stereocenters. The molecule has 0 spiro atoms. The second-order valence-electron chi connectivity index (χ2n) is 6.71. The molecule has 0 saturated carbocycles. The standard InChI is InChI=1S/C19H40O4/c1-2-3-4-5-6-7-8-9-10-11-12-13-14-18(21)16-23-17-19(22)15-20/h18-22H,2-17H2,1H3/t18-,19+/m1/s1. The zero-order valence-corrected chi connectivity index (χ0v) is 15.2. The van der Waals surface area contributed by atoms with E-state index in [0.29, 0.717) is 0 Å². The van der Waals surface area contributed by atoms with Crippen molar-refractivity contribution >= 4 is 0 Å². The third-order valence-corrected chi connectivity index (χ3v) is 4.22. The lowest BCUT2D eigenvalue weighted by molar-refractivity contribution is -0.0262. The van der Waals surface area contributed by atoms with Crippen LogP contribution in [-0.2, 0) is 4.74 Å². The highest BCUT2D eigenvalue weighted by Gasteiger charge is 2.06. The lowest BCUT2D eigenvalue weighted by Crippen LogP contribution is -2.23. The van der Waals surface area contributed by atoms with E-state index in [1.807, 2.05) is 0 Å². The van der Waals surface area contributed by atoms with Crippen molar-refractivity contribution in [2.45, 2.75) is 103 Å². The molecule has 0 aliphatic rings. The van der Waals surface area contributed by atoms with Gasteiger partial charge in [-0.15, -0.1) is 0 Å². The zero-order valence-electron chi connectivity index (χ0n) is 15.2. The Morgan fingerprint density at radius 2 is 1.09 bits per heavy atom. The summed E-state index contributed by atoms with van der Waals surface area (Å²) in [6, 6.07) is 0. The largest absolute Gasteiger partial charge is 0.394 e. The first-order chi connectivity index (χ1) is 11.2. The highest BCUT2D eigenvalue weighted by molar-refractivity contribution is 4.57. The summed E-state index contributed by atoms with van der Waals surface area (Å²) in [6.07, 6.45) is 15.3. The van der Waals surface area contributed by atoms with Gasteiger partial charge in [0.05, 0.1) is 25.9 Å². The van der Waals surface area contributed by atoms with Crippen molar-refractivity contribution in [3.05, 3.63) is 0 Å². The Labute approximate surface area is 143 Å². The summed E-state index contributed by atoms with van der Waals surface area (Å²) in [5.74, 6) is 0. The smallest absolute Gasteiger partial charge is 0.100 e. The number of rotatable bonds is 18. The van der Waals surface area contributed by atoms with E-state index >= 15 is 0 Å². The van der Waals surface area contributed by atoms with Crippen molar-refractivity contribution in [3.8, 4) is 0 Å². The Hall–Kier alpha value is -0.160. The van der Waals surface area contributed by atoms with Crippen molar-refractivity contribution in [2.24, 2.45) is 0 Å². The van der Waals surface area contributed by atoms with Crippen molar-refractivity contribution in [1.82, 2.24) is 0 Å². The molecule has 0 aromatic rings. The quantitative estimate of drug-likeness (QED) is 0.334. The second-order valence-corrected chi connectivity index (χ2v) is 6.71. The molecule has 0 radical (unpaired) electrons. The minimum atomic E-state index is -0.839. The number of hydrogen-bond donors (Lipinski definition) is 3. The molecule has 4 heteroatoms. The molecule has 0 aromatic carbocycles. The van der Waals surface area contributed by atoms with Crippen molar-refractivity contribution in [3.63, 3.8) is 0 Å². The first-order valence-corrected chi connectivity index (χ1v) is 9.75. The number of unbranched alkanes of at least 4 members (excludes halogenated alkanes) is 11. The first-order valence-electron chi connectivity index (χ1n) is 9.75. The van der Waals surface area contributed by atoms with Gasteiger partial charge in [0, 0.05) is 0 Å². The maximum atomic E-state index is 9.73. The van der Waals surface area contributed by atoms with Gasteiger partial charge in [0.15, 0.2) is 0 Å². The molecule has 4 nitrogen and oxygen atoms in total. The van der Waals surface area contributed by atoms with Crippen molar-refractivity contribution < 1.29 is 20.1 Å². The molecule has 0 bridgehead atoms. The SMILES string of the molecule is CCCCCCCCCCCCCC[C@@H](O)COC[C@@H](O)CO. The van der Waals surface area contributed by atoms with E-state index in [0.717, 1.165) is 12.8 Å². The van der Waals surface area contributed by atoms with Crippen LogP contribution in [-0.4, -0.2) is 47.3 Å². The van der Waals surface area contributed by atoms with E-state index in [1.165, 1.54) is 70.6 Å². The maximum absolute atomic E-state index is 9.73. The lowest BCUT2D eigenvalue weighted by Gasteiger charge is -2.13. The first kappa shape index (κ1) is 22.8. The minimum absolute atomic E-state index is 0.0893. The maximum Gasteiger partial charge on any atom is 0.100 e.